The molecule has 0 rings (SSSR count). The largest absolute Gasteiger partial charge is 0.103 e. The van der Waals surface area contributed by atoms with Crippen molar-refractivity contribution in [3.8, 4) is 23.7 Å². The molecular formula is C93H178. The van der Waals surface area contributed by atoms with Gasteiger partial charge >= 0.3 is 0 Å². The van der Waals surface area contributed by atoms with Gasteiger partial charge in [-0.15, -0.1) is 23.7 Å². The molecule has 0 aromatic carbocycles. The topological polar surface area (TPSA) is 0 Å². The molecule has 0 aliphatic rings. The summed E-state index contributed by atoms with van der Waals surface area (Å²) in [5, 5.41) is 0. The van der Waals surface area contributed by atoms with E-state index in [4.69, 9.17) is 0 Å². The van der Waals surface area contributed by atoms with Crippen LogP contribution < -0.4 is 0 Å². The van der Waals surface area contributed by atoms with E-state index in [1.165, 1.54) is 12.8 Å². The van der Waals surface area contributed by atoms with Crippen molar-refractivity contribution in [1.29, 1.82) is 0 Å². The van der Waals surface area contributed by atoms with Crippen LogP contribution in [0.1, 0.15) is 311 Å². The molecule has 0 spiro atoms. The van der Waals surface area contributed by atoms with Gasteiger partial charge in [-0.1, -0.05) is 438 Å². The van der Waals surface area contributed by atoms with Crippen LogP contribution in [0, 0.1) is 142 Å². The van der Waals surface area contributed by atoms with E-state index in [0.29, 0.717) is 101 Å². The fourth-order valence-electron chi connectivity index (χ4n) is 5.23. The first-order valence-corrected chi connectivity index (χ1v) is 36.9. The molecule has 550 valence electrons. The molecule has 0 aliphatic heterocycles. The van der Waals surface area contributed by atoms with Gasteiger partial charge in [0.1, 0.15) is 0 Å². The van der Waals surface area contributed by atoms with Gasteiger partial charge in [0.15, 0.2) is 0 Å². The molecule has 0 radical (unpaired) electrons. The monoisotopic (exact) mass is 1300 g/mol. The van der Waals surface area contributed by atoms with E-state index in [-0.39, 0.29) is 14.9 Å². The molecule has 0 aliphatic carbocycles. The Balaban J connectivity index is -0.0000000783. The lowest BCUT2D eigenvalue weighted by Gasteiger charge is -1.97. The second-order valence-electron chi connectivity index (χ2n) is 31.1. The Morgan fingerprint density at radius 2 is 0.333 bits per heavy atom. The van der Waals surface area contributed by atoms with Crippen molar-refractivity contribution in [2.45, 2.75) is 311 Å². The van der Waals surface area contributed by atoms with Gasteiger partial charge < -0.3 is 0 Å². The van der Waals surface area contributed by atoms with Crippen molar-refractivity contribution in [1.82, 2.24) is 0 Å². The van der Waals surface area contributed by atoms with Gasteiger partial charge in [-0.25, -0.2) is 0 Å². The molecule has 0 aromatic heterocycles. The molecule has 0 bridgehead atoms. The first kappa shape index (κ1) is 116. The maximum atomic E-state index is 3.13. The Hall–Kier alpha value is -4.00. The van der Waals surface area contributed by atoms with Gasteiger partial charge in [-0.3, -0.25) is 0 Å². The van der Waals surface area contributed by atoms with Crippen LogP contribution in [0.15, 0.2) is 146 Å². The smallest absolute Gasteiger partial charge is 0.0146 e. The third-order valence-electron chi connectivity index (χ3n) is 9.99. The highest BCUT2D eigenvalue weighted by molar-refractivity contribution is 5.07. The van der Waals surface area contributed by atoms with Crippen LogP contribution >= 0.6 is 0 Å². The summed E-state index contributed by atoms with van der Waals surface area (Å²) in [6.45, 7) is 87.3. The molecule has 0 heterocycles. The van der Waals surface area contributed by atoms with Gasteiger partial charge in [-0.2, -0.15) is 0 Å². The van der Waals surface area contributed by atoms with Crippen LogP contribution in [0.5, 0.6) is 0 Å². The molecule has 0 aromatic rings. The van der Waals surface area contributed by atoms with Gasteiger partial charge in [0.2, 0.25) is 0 Å². The SMILES string of the molecule is C.C.CC(C)/C=C/C(C)C.CC(C)/C=C/C=C/C(C)C.CC(C)/C=C/CC(C)C.CC(C)/C=C\C(C)C.CC(C)/C=C\C=C/C(C)C.CC(C)/C=C\C=C\C(C)C.CC(C)/C=C\C=C\C(C)C.CC(C)/C=C\CC(C)C.CC(C)C#CC(C)C.CC(C)C#CCC(C)C. The van der Waals surface area contributed by atoms with E-state index >= 15 is 0 Å². The maximum absolute atomic E-state index is 3.13. The average molecular weight is 1300 g/mol. The fourth-order valence-corrected chi connectivity index (χ4v) is 5.23. The standard InChI is InChI=1S/4C10H18.2C9H18.C9H16.2C8H16.C8H14.2CH4/c4*1-9(2)7-5-6-8-10(3)4;3*1-8(2)6-5-7-9(3)4;3*1-7(2)5-6-8(3)4;;/h4*5-10H,1-4H3;2*5-6,8-9H,7H2,1-4H3;8-9H,6H2,1-4H3;2*5-8H,1-4H3;7-8H,1-4H3;2*1H4/b7-5+,8-6+;2*7-5-,8-6+;7-5-,8-6-;6-5+;6-5-;;6-5+;6-5-;;;. The third kappa shape index (κ3) is 200. The van der Waals surface area contributed by atoms with Crippen LogP contribution in [-0.2, 0) is 0 Å². The number of rotatable bonds is 23. The molecule has 0 amide bonds. The molecule has 0 saturated carbocycles. The highest BCUT2D eigenvalue weighted by Crippen LogP contribution is 2.06. The molecule has 0 atom stereocenters. The van der Waals surface area contributed by atoms with Crippen LogP contribution in [0.2, 0.25) is 0 Å². The zero-order valence-corrected chi connectivity index (χ0v) is 69.5. The summed E-state index contributed by atoms with van der Waals surface area (Å²) in [7, 11) is 0. The molecule has 0 nitrogen and oxygen atoms in total. The summed E-state index contributed by atoms with van der Waals surface area (Å²) in [4.78, 5) is 0. The van der Waals surface area contributed by atoms with E-state index < -0.39 is 0 Å². The predicted molar refractivity (Wildman–Crippen MR) is 449 cm³/mol. The second kappa shape index (κ2) is 88.0. The molecule has 0 N–H and O–H groups in total. The average Bonchev–Trinajstić information content (AvgIpc) is 3.39. The minimum absolute atomic E-state index is 0. The summed E-state index contributed by atoms with van der Waals surface area (Å²) in [6, 6.07) is 0. The van der Waals surface area contributed by atoms with Crippen LogP contribution in [0.25, 0.3) is 0 Å². The zero-order valence-electron chi connectivity index (χ0n) is 69.5. The van der Waals surface area contributed by atoms with Gasteiger partial charge in [0.25, 0.3) is 0 Å². The van der Waals surface area contributed by atoms with Crippen molar-refractivity contribution in [2.24, 2.45) is 118 Å². The zero-order chi connectivity index (χ0) is 73.5. The van der Waals surface area contributed by atoms with E-state index in [1.54, 1.807) is 0 Å². The number of hydrogen-bond acceptors (Lipinski definition) is 0. The van der Waals surface area contributed by atoms with Gasteiger partial charge in [0, 0.05) is 24.2 Å². The maximum Gasteiger partial charge on any atom is 0.0146 e. The lowest BCUT2D eigenvalue weighted by Crippen LogP contribution is -1.83. The first-order chi connectivity index (χ1) is 41.8. The minimum atomic E-state index is 0. The summed E-state index contributed by atoms with van der Waals surface area (Å²) in [5.74, 6) is 25.9. The van der Waals surface area contributed by atoms with E-state index in [0.717, 1.165) is 24.2 Å². The summed E-state index contributed by atoms with van der Waals surface area (Å²) in [6.07, 6.45) is 56.0. The molecule has 93 heavy (non-hydrogen) atoms. The van der Waals surface area contributed by atoms with E-state index in [9.17, 15) is 0 Å². The predicted octanol–water partition coefficient (Wildman–Crippen LogP) is 32.1. The van der Waals surface area contributed by atoms with Crippen molar-refractivity contribution < 1.29 is 0 Å². The first-order valence-electron chi connectivity index (χ1n) is 36.9. The van der Waals surface area contributed by atoms with Gasteiger partial charge in [-0.05, 0) is 113 Å². The van der Waals surface area contributed by atoms with Crippen LogP contribution in [0.3, 0.4) is 0 Å². The molecule has 0 heteroatoms. The number of allylic oxidation sites excluding steroid dienone is 24. The lowest BCUT2D eigenvalue weighted by atomic mass is 10.1. The normalized spacial score (nSPS) is 11.8. The van der Waals surface area contributed by atoms with Crippen molar-refractivity contribution in [2.75, 3.05) is 0 Å². The Kier molecular flexibility index (Phi) is 110. The summed E-state index contributed by atoms with van der Waals surface area (Å²) >= 11 is 0. The highest BCUT2D eigenvalue weighted by Gasteiger charge is 1.92. The van der Waals surface area contributed by atoms with Crippen LogP contribution in [-0.4, -0.2) is 0 Å². The lowest BCUT2D eigenvalue weighted by molar-refractivity contribution is 0.658. The Morgan fingerprint density at radius 3 is 0.441 bits per heavy atom. The minimum Gasteiger partial charge on any atom is -0.103 e. The van der Waals surface area contributed by atoms with E-state index in [2.05, 4.69) is 446 Å². The van der Waals surface area contributed by atoms with Gasteiger partial charge in [0.05, 0.1) is 0 Å². The Labute approximate surface area is 595 Å². The molecular weight excluding hydrogens is 1120 g/mol. The highest BCUT2D eigenvalue weighted by atomic mass is 14.0. The molecule has 0 fully saturated rings. The summed E-state index contributed by atoms with van der Waals surface area (Å²) in [5.41, 5.74) is 0. The van der Waals surface area contributed by atoms with Crippen molar-refractivity contribution in [3.63, 3.8) is 0 Å². The van der Waals surface area contributed by atoms with Crippen LogP contribution in [0.4, 0.5) is 0 Å². The summed E-state index contributed by atoms with van der Waals surface area (Å²) < 4.78 is 0. The second-order valence-corrected chi connectivity index (χ2v) is 31.1. The number of hydrogen-bond donors (Lipinski definition) is 0. The third-order valence-corrected chi connectivity index (χ3v) is 9.99. The molecule has 0 unspecified atom stereocenters. The molecule has 0 saturated heterocycles. The Morgan fingerprint density at radius 1 is 0.183 bits per heavy atom. The van der Waals surface area contributed by atoms with E-state index in [1.807, 2.05) is 0 Å². The Bertz CT molecular complexity index is 1630. The fraction of sp³-hybridized carbons (Fsp3) is 0.699. The quantitative estimate of drug-likeness (QED) is 0.0543. The van der Waals surface area contributed by atoms with Crippen molar-refractivity contribution in [3.05, 3.63) is 146 Å². The van der Waals surface area contributed by atoms with Crippen molar-refractivity contribution >= 4 is 0 Å².